The number of hydrogen-bond donors (Lipinski definition) is 1. The normalized spacial score (nSPS) is 13.3. The number of benzene rings is 1. The van der Waals surface area contributed by atoms with Crippen LogP contribution >= 0.6 is 38.9 Å². The van der Waals surface area contributed by atoms with Crippen molar-refractivity contribution < 1.29 is 8.42 Å². The quantitative estimate of drug-likeness (QED) is 0.832. The largest absolute Gasteiger partial charge is 0.248 e. The van der Waals surface area contributed by atoms with Gasteiger partial charge in [-0.2, -0.15) is 0 Å². The highest BCUT2D eigenvalue weighted by atomic mass is 79.9. The molecular weight excluding hydrogens is 384 g/mol. The van der Waals surface area contributed by atoms with Gasteiger partial charge in [-0.05, 0) is 24.6 Å². The number of halogens is 2. The Kier molecular flexibility index (Phi) is 5.19. The first kappa shape index (κ1) is 15.9. The maximum Gasteiger partial charge on any atom is 0.242 e. The lowest BCUT2D eigenvalue weighted by molar-refractivity contribution is 0.549. The average molecular weight is 396 g/mol. The Hall–Kier alpha value is -0.470. The van der Waals surface area contributed by atoms with Gasteiger partial charge in [0.15, 0.2) is 0 Å². The molecule has 1 heterocycles. The second-order valence-electron chi connectivity index (χ2n) is 4.03. The summed E-state index contributed by atoms with van der Waals surface area (Å²) in [7, 11) is -3.68. The number of nitrogens with zero attached hydrogens (tertiary/aromatic N) is 1. The highest BCUT2D eigenvalue weighted by molar-refractivity contribution is 9.10. The van der Waals surface area contributed by atoms with Crippen molar-refractivity contribution in [2.45, 2.75) is 24.3 Å². The van der Waals surface area contributed by atoms with Crippen LogP contribution in [-0.2, 0) is 10.0 Å². The van der Waals surface area contributed by atoms with Gasteiger partial charge in [-0.25, -0.2) is 18.1 Å². The van der Waals surface area contributed by atoms with Crippen LogP contribution in [0.15, 0.2) is 39.1 Å². The first-order valence-electron chi connectivity index (χ1n) is 5.81. The second kappa shape index (κ2) is 6.53. The molecule has 4 nitrogen and oxygen atoms in total. The smallest absolute Gasteiger partial charge is 0.242 e. The summed E-state index contributed by atoms with van der Waals surface area (Å²) in [6.45, 7) is 1.90. The van der Waals surface area contributed by atoms with Crippen LogP contribution in [0.2, 0.25) is 5.02 Å². The molecule has 8 heteroatoms. The lowest BCUT2D eigenvalue weighted by Crippen LogP contribution is -2.28. The number of thiazole rings is 1. The van der Waals surface area contributed by atoms with Crippen LogP contribution in [0, 0.1) is 0 Å². The Morgan fingerprint density at radius 2 is 2.25 bits per heavy atom. The molecule has 0 aliphatic rings. The summed E-state index contributed by atoms with van der Waals surface area (Å²) in [5, 5.41) is 2.74. The van der Waals surface area contributed by atoms with Gasteiger partial charge in [-0.15, -0.1) is 11.3 Å². The second-order valence-corrected chi connectivity index (χ2v) is 7.96. The molecule has 0 amide bonds. The molecule has 0 spiro atoms. The minimum absolute atomic E-state index is 0.0670. The molecule has 0 bridgehead atoms. The van der Waals surface area contributed by atoms with Crippen LogP contribution in [0.1, 0.15) is 24.4 Å². The summed E-state index contributed by atoms with van der Waals surface area (Å²) in [5.41, 5.74) is 0. The van der Waals surface area contributed by atoms with Gasteiger partial charge in [0.2, 0.25) is 10.0 Å². The van der Waals surface area contributed by atoms with Gasteiger partial charge in [-0.1, -0.05) is 34.5 Å². The van der Waals surface area contributed by atoms with E-state index >= 15 is 0 Å². The van der Waals surface area contributed by atoms with Gasteiger partial charge < -0.3 is 0 Å². The summed E-state index contributed by atoms with van der Waals surface area (Å²) in [5.74, 6) is 0. The van der Waals surface area contributed by atoms with E-state index in [9.17, 15) is 8.42 Å². The SMILES string of the molecule is CCC(NS(=O)(=O)c1ccc(Br)cc1Cl)c1nccs1. The molecule has 0 aliphatic carbocycles. The van der Waals surface area contributed by atoms with E-state index in [2.05, 4.69) is 25.6 Å². The molecule has 1 unspecified atom stereocenters. The van der Waals surface area contributed by atoms with E-state index in [1.54, 1.807) is 18.3 Å². The summed E-state index contributed by atoms with van der Waals surface area (Å²) < 4.78 is 28.2. The number of nitrogens with one attached hydrogen (secondary N) is 1. The highest BCUT2D eigenvalue weighted by Gasteiger charge is 2.23. The predicted molar refractivity (Wildman–Crippen MR) is 84.6 cm³/mol. The Labute approximate surface area is 135 Å². The molecular formula is C12H12BrClN2O2S2. The molecule has 20 heavy (non-hydrogen) atoms. The summed E-state index contributed by atoms with van der Waals surface area (Å²) in [4.78, 5) is 4.22. The minimum atomic E-state index is -3.68. The van der Waals surface area contributed by atoms with Gasteiger partial charge in [0.05, 0.1) is 11.1 Å². The Bertz CT molecular complexity index is 689. The molecule has 0 saturated heterocycles. The zero-order valence-electron chi connectivity index (χ0n) is 10.5. The van der Waals surface area contributed by atoms with Gasteiger partial charge >= 0.3 is 0 Å². The van der Waals surface area contributed by atoms with Crippen LogP contribution in [0.25, 0.3) is 0 Å². The van der Waals surface area contributed by atoms with Crippen LogP contribution in [0.3, 0.4) is 0 Å². The van der Waals surface area contributed by atoms with Crippen molar-refractivity contribution in [2.24, 2.45) is 0 Å². The van der Waals surface area contributed by atoms with Crippen molar-refractivity contribution in [3.8, 4) is 0 Å². The summed E-state index contributed by atoms with van der Waals surface area (Å²) >= 11 is 10.7. The number of hydrogen-bond acceptors (Lipinski definition) is 4. The third-order valence-electron chi connectivity index (χ3n) is 2.64. The summed E-state index contributed by atoms with van der Waals surface area (Å²) in [6, 6.07) is 4.33. The molecule has 1 N–H and O–H groups in total. The van der Waals surface area contributed by atoms with Crippen molar-refractivity contribution in [3.63, 3.8) is 0 Å². The molecule has 0 aliphatic heterocycles. The fraction of sp³-hybridized carbons (Fsp3) is 0.250. The molecule has 2 aromatic rings. The Morgan fingerprint density at radius 3 is 2.80 bits per heavy atom. The maximum absolute atomic E-state index is 12.4. The van der Waals surface area contributed by atoms with Gasteiger partial charge in [-0.3, -0.25) is 0 Å². The van der Waals surface area contributed by atoms with E-state index in [0.29, 0.717) is 6.42 Å². The first-order valence-corrected chi connectivity index (χ1v) is 9.34. The molecule has 1 aromatic carbocycles. The third kappa shape index (κ3) is 3.59. The standard InChI is InChI=1S/C12H12BrClN2O2S2/c1-2-10(12-15-5-6-19-12)16-20(17,18)11-4-3-8(13)7-9(11)14/h3-7,10,16H,2H2,1H3. The number of aromatic nitrogens is 1. The topological polar surface area (TPSA) is 59.1 Å². The van der Waals surface area contributed by atoms with Crippen LogP contribution in [0.4, 0.5) is 0 Å². The van der Waals surface area contributed by atoms with Crippen molar-refractivity contribution in [3.05, 3.63) is 44.3 Å². The van der Waals surface area contributed by atoms with Gasteiger partial charge in [0.1, 0.15) is 9.90 Å². The maximum atomic E-state index is 12.4. The monoisotopic (exact) mass is 394 g/mol. The highest BCUT2D eigenvalue weighted by Crippen LogP contribution is 2.27. The van der Waals surface area contributed by atoms with E-state index < -0.39 is 10.0 Å². The Morgan fingerprint density at radius 1 is 1.50 bits per heavy atom. The van der Waals surface area contributed by atoms with Gasteiger partial charge in [0, 0.05) is 16.0 Å². The third-order valence-corrected chi connectivity index (χ3v) is 5.98. The number of rotatable bonds is 5. The van der Waals surface area contributed by atoms with Crippen LogP contribution < -0.4 is 4.72 Å². The molecule has 1 aromatic heterocycles. The van der Waals surface area contributed by atoms with Gasteiger partial charge in [0.25, 0.3) is 0 Å². The minimum Gasteiger partial charge on any atom is -0.248 e. The predicted octanol–water partition coefficient (Wildman–Crippen LogP) is 3.99. The average Bonchev–Trinajstić information content (AvgIpc) is 2.89. The van der Waals surface area contributed by atoms with Crippen molar-refractivity contribution in [1.82, 2.24) is 9.71 Å². The van der Waals surface area contributed by atoms with Crippen LogP contribution in [0.5, 0.6) is 0 Å². The van der Waals surface area contributed by atoms with Crippen molar-refractivity contribution in [2.75, 3.05) is 0 Å². The van der Waals surface area contributed by atoms with E-state index in [-0.39, 0.29) is 16.0 Å². The van der Waals surface area contributed by atoms with Crippen LogP contribution in [-0.4, -0.2) is 13.4 Å². The lowest BCUT2D eigenvalue weighted by atomic mass is 10.3. The van der Waals surface area contributed by atoms with Crippen molar-refractivity contribution in [1.29, 1.82) is 0 Å². The molecule has 2 rings (SSSR count). The molecule has 1 atom stereocenters. The molecule has 0 fully saturated rings. The molecule has 0 saturated carbocycles. The summed E-state index contributed by atoms with van der Waals surface area (Å²) in [6.07, 6.45) is 2.27. The Balaban J connectivity index is 2.31. The molecule has 0 radical (unpaired) electrons. The van der Waals surface area contributed by atoms with E-state index in [0.717, 1.165) is 9.48 Å². The first-order chi connectivity index (χ1) is 9.44. The zero-order chi connectivity index (χ0) is 14.8. The fourth-order valence-electron chi connectivity index (χ4n) is 1.66. The zero-order valence-corrected chi connectivity index (χ0v) is 14.5. The fourth-order valence-corrected chi connectivity index (χ4v) is 4.83. The molecule has 108 valence electrons. The number of sulfonamides is 1. The van der Waals surface area contributed by atoms with E-state index in [1.165, 1.54) is 17.4 Å². The lowest BCUT2D eigenvalue weighted by Gasteiger charge is -2.15. The van der Waals surface area contributed by atoms with E-state index in [1.807, 2.05) is 12.3 Å². The van der Waals surface area contributed by atoms with Crippen molar-refractivity contribution >= 4 is 48.9 Å². The van der Waals surface area contributed by atoms with E-state index in [4.69, 9.17) is 11.6 Å².